The Morgan fingerprint density at radius 3 is 1.89 bits per heavy atom. The molecule has 1 aliphatic rings. The zero-order valence-electron chi connectivity index (χ0n) is 28.2. The van der Waals surface area contributed by atoms with Gasteiger partial charge in [-0.3, -0.25) is 0 Å². The van der Waals surface area contributed by atoms with Crippen molar-refractivity contribution in [2.45, 2.75) is 123 Å². The van der Waals surface area contributed by atoms with E-state index in [-0.39, 0.29) is 30.1 Å². The van der Waals surface area contributed by atoms with Crippen molar-refractivity contribution in [1.29, 1.82) is 0 Å². The fourth-order valence-electron chi connectivity index (χ4n) is 6.02. The van der Waals surface area contributed by atoms with Gasteiger partial charge >= 0.3 is 0 Å². The molecule has 0 radical (unpaired) electrons. The summed E-state index contributed by atoms with van der Waals surface area (Å²) < 4.78 is 32.2. The first-order chi connectivity index (χ1) is 21.6. The molecular formula is C38H59ClO5. The minimum atomic E-state index is -0.154. The molecule has 0 N–H and O–H groups in total. The van der Waals surface area contributed by atoms with E-state index in [9.17, 15) is 0 Å². The van der Waals surface area contributed by atoms with Gasteiger partial charge in [0.25, 0.3) is 0 Å². The Morgan fingerprint density at radius 1 is 0.682 bits per heavy atom. The molecule has 2 aromatic carbocycles. The molecule has 1 aliphatic carbocycles. The summed E-state index contributed by atoms with van der Waals surface area (Å²) in [4.78, 5) is 0. The molecule has 5 nitrogen and oxygen atoms in total. The zero-order chi connectivity index (χ0) is 31.6. The van der Waals surface area contributed by atoms with Crippen LogP contribution >= 0.6 is 11.6 Å². The number of hydrogen-bond acceptors (Lipinski definition) is 5. The van der Waals surface area contributed by atoms with Gasteiger partial charge in [-0.25, -0.2) is 0 Å². The highest BCUT2D eigenvalue weighted by Crippen LogP contribution is 2.42. The van der Waals surface area contributed by atoms with Gasteiger partial charge in [0.2, 0.25) is 0 Å². The Morgan fingerprint density at radius 2 is 1.27 bits per heavy atom. The fourth-order valence-corrected chi connectivity index (χ4v) is 6.21. The molecule has 0 aliphatic heterocycles. The van der Waals surface area contributed by atoms with E-state index in [2.05, 4.69) is 58.0 Å². The summed E-state index contributed by atoms with van der Waals surface area (Å²) in [5.41, 5.74) is 3.59. The van der Waals surface area contributed by atoms with Crippen molar-refractivity contribution < 1.29 is 23.7 Å². The first-order valence-corrected chi connectivity index (χ1v) is 17.9. The fraction of sp³-hybridized carbons (Fsp3) is 0.684. The molecule has 0 aromatic heterocycles. The number of hydrogen-bond donors (Lipinski definition) is 0. The largest absolute Gasteiger partial charge is 0.494 e. The van der Waals surface area contributed by atoms with Gasteiger partial charge in [0.1, 0.15) is 11.9 Å². The predicted octanol–water partition coefficient (Wildman–Crippen LogP) is 9.81. The monoisotopic (exact) mass is 630 g/mol. The lowest BCUT2D eigenvalue weighted by Crippen LogP contribution is -2.55. The quantitative estimate of drug-likeness (QED) is 0.121. The third-order valence-corrected chi connectivity index (χ3v) is 8.96. The lowest BCUT2D eigenvalue weighted by Gasteiger charge is -2.47. The van der Waals surface area contributed by atoms with Crippen molar-refractivity contribution in [3.63, 3.8) is 0 Å². The highest BCUT2D eigenvalue weighted by molar-refractivity contribution is 6.31. The van der Waals surface area contributed by atoms with Crippen molar-refractivity contribution in [3.05, 3.63) is 64.2 Å². The molecule has 0 bridgehead atoms. The zero-order valence-corrected chi connectivity index (χ0v) is 28.9. The van der Waals surface area contributed by atoms with Gasteiger partial charge in [-0.15, -0.1) is 0 Å². The summed E-state index contributed by atoms with van der Waals surface area (Å²) >= 11 is 6.82. The molecule has 0 spiro atoms. The van der Waals surface area contributed by atoms with E-state index >= 15 is 0 Å². The Labute approximate surface area is 273 Å². The van der Waals surface area contributed by atoms with E-state index in [1.165, 1.54) is 11.1 Å². The number of halogens is 1. The van der Waals surface area contributed by atoms with Gasteiger partial charge in [-0.1, -0.05) is 89.2 Å². The Hall–Kier alpha value is -1.63. The van der Waals surface area contributed by atoms with Crippen LogP contribution in [0, 0.1) is 5.92 Å². The van der Waals surface area contributed by atoms with Crippen LogP contribution in [-0.2, 0) is 25.4 Å². The summed E-state index contributed by atoms with van der Waals surface area (Å²) in [5, 5.41) is 0.790. The van der Waals surface area contributed by atoms with E-state index in [4.69, 9.17) is 35.3 Å². The molecule has 0 saturated heterocycles. The summed E-state index contributed by atoms with van der Waals surface area (Å²) in [6, 6.07) is 14.9. The second-order valence-electron chi connectivity index (χ2n) is 12.2. The van der Waals surface area contributed by atoms with Crippen LogP contribution in [0.15, 0.2) is 42.5 Å². The van der Waals surface area contributed by atoms with Gasteiger partial charge in [0.05, 0.1) is 25.4 Å². The SMILES string of the molecule is CCCCOC[C@H]1C[C@@H](c2ccc(Cl)c(Cc3ccc(OCC)cc3)c2)[C@H](OCCCC)[C@@H](OCCCC)[C@@H]1OCCCC. The van der Waals surface area contributed by atoms with Crippen molar-refractivity contribution in [2.75, 3.05) is 39.6 Å². The van der Waals surface area contributed by atoms with Crippen LogP contribution in [0.3, 0.4) is 0 Å². The van der Waals surface area contributed by atoms with Crippen molar-refractivity contribution in [3.8, 4) is 5.75 Å². The van der Waals surface area contributed by atoms with Gasteiger partial charge < -0.3 is 23.7 Å². The lowest BCUT2D eigenvalue weighted by molar-refractivity contribution is -0.191. The molecule has 3 rings (SSSR count). The lowest BCUT2D eigenvalue weighted by atomic mass is 9.72. The van der Waals surface area contributed by atoms with Gasteiger partial charge in [-0.2, -0.15) is 0 Å². The first kappa shape index (κ1) is 36.8. The van der Waals surface area contributed by atoms with Crippen LogP contribution in [0.5, 0.6) is 5.75 Å². The molecule has 0 unspecified atom stereocenters. The topological polar surface area (TPSA) is 46.2 Å². The number of rotatable bonds is 22. The molecule has 1 saturated carbocycles. The van der Waals surface area contributed by atoms with E-state index < -0.39 is 0 Å². The molecule has 5 atom stereocenters. The molecule has 0 amide bonds. The Balaban J connectivity index is 1.96. The normalized spacial score (nSPS) is 21.9. The highest BCUT2D eigenvalue weighted by atomic mass is 35.5. The maximum absolute atomic E-state index is 6.82. The highest BCUT2D eigenvalue weighted by Gasteiger charge is 2.47. The molecule has 1 fully saturated rings. The smallest absolute Gasteiger partial charge is 0.119 e. The molecular weight excluding hydrogens is 572 g/mol. The predicted molar refractivity (Wildman–Crippen MR) is 182 cm³/mol. The van der Waals surface area contributed by atoms with Crippen LogP contribution in [0.4, 0.5) is 0 Å². The third-order valence-electron chi connectivity index (χ3n) is 8.59. The van der Waals surface area contributed by atoms with E-state index in [1.54, 1.807) is 0 Å². The standard InChI is InChI=1S/C38H59ClO5/c1-6-11-21-40-28-32-27-34(30-17-20-35(39)31(26-30)25-29-15-18-33(19-16-29)41-10-5)37(43-23-13-8-3)38(44-24-14-9-4)36(32)42-22-12-7-2/h15-20,26,32,34,36-38H,6-14,21-25,27-28H2,1-5H3/t32-,34+,36-,37+,38+/m1/s1. The maximum Gasteiger partial charge on any atom is 0.119 e. The number of benzene rings is 2. The second-order valence-corrected chi connectivity index (χ2v) is 12.6. The minimum absolute atomic E-state index is 0.0569. The third kappa shape index (κ3) is 11.6. The number of ether oxygens (including phenoxy) is 5. The average molecular weight is 631 g/mol. The summed E-state index contributed by atoms with van der Waals surface area (Å²) in [6.07, 6.45) is 9.96. The van der Waals surface area contributed by atoms with Crippen molar-refractivity contribution in [1.82, 2.24) is 0 Å². The molecule has 6 heteroatoms. The van der Waals surface area contributed by atoms with Crippen LogP contribution in [0.1, 0.15) is 115 Å². The van der Waals surface area contributed by atoms with Crippen LogP contribution < -0.4 is 4.74 Å². The van der Waals surface area contributed by atoms with E-state index in [0.717, 1.165) is 100 Å². The van der Waals surface area contributed by atoms with E-state index in [0.29, 0.717) is 19.8 Å². The van der Waals surface area contributed by atoms with Gasteiger partial charge in [0, 0.05) is 43.3 Å². The maximum atomic E-state index is 6.82. The first-order valence-electron chi connectivity index (χ1n) is 17.5. The molecule has 248 valence electrons. The summed E-state index contributed by atoms with van der Waals surface area (Å²) in [7, 11) is 0. The Bertz CT molecular complexity index is 1030. The van der Waals surface area contributed by atoms with Crippen molar-refractivity contribution in [2.24, 2.45) is 5.92 Å². The molecule has 44 heavy (non-hydrogen) atoms. The average Bonchev–Trinajstić information content (AvgIpc) is 3.03. The van der Waals surface area contributed by atoms with Crippen molar-refractivity contribution >= 4 is 11.6 Å². The molecule has 0 heterocycles. The van der Waals surface area contributed by atoms with Crippen LogP contribution in [-0.4, -0.2) is 58.0 Å². The summed E-state index contributed by atoms with van der Waals surface area (Å²) in [5.74, 6) is 1.26. The second kappa shape index (κ2) is 21.2. The number of unbranched alkanes of at least 4 members (excludes halogenated alkanes) is 4. The Kier molecular flexibility index (Phi) is 17.8. The van der Waals surface area contributed by atoms with Crippen LogP contribution in [0.2, 0.25) is 5.02 Å². The minimum Gasteiger partial charge on any atom is -0.494 e. The van der Waals surface area contributed by atoms with E-state index in [1.807, 2.05) is 19.1 Å². The van der Waals surface area contributed by atoms with Crippen LogP contribution in [0.25, 0.3) is 0 Å². The molecule has 2 aromatic rings. The van der Waals surface area contributed by atoms with Gasteiger partial charge in [-0.05, 0) is 80.3 Å². The van der Waals surface area contributed by atoms with Gasteiger partial charge in [0.15, 0.2) is 0 Å². The summed E-state index contributed by atoms with van der Waals surface area (Å²) in [6.45, 7) is 15.1.